The van der Waals surface area contributed by atoms with Crippen LogP contribution in [-0.2, 0) is 6.54 Å². The van der Waals surface area contributed by atoms with E-state index in [1.165, 1.54) is 71.9 Å². The molecule has 0 radical (unpaired) electrons. The molecule has 0 N–H and O–H groups in total. The number of anilines is 1. The maximum absolute atomic E-state index is 5.22. The van der Waals surface area contributed by atoms with Crippen molar-refractivity contribution in [2.24, 2.45) is 0 Å². The van der Waals surface area contributed by atoms with Crippen molar-refractivity contribution in [3.8, 4) is 0 Å². The number of aryl methyl sites for hydroxylation is 2. The lowest BCUT2D eigenvalue weighted by atomic mass is 10.1. The quantitative estimate of drug-likeness (QED) is 0.676. The van der Waals surface area contributed by atoms with Gasteiger partial charge < -0.3 is 9.80 Å². The maximum Gasteiger partial charge on any atom is 0.146 e. The Morgan fingerprint density at radius 3 is 2.45 bits per heavy atom. The van der Waals surface area contributed by atoms with E-state index in [2.05, 4.69) is 54.3 Å². The van der Waals surface area contributed by atoms with Crippen molar-refractivity contribution in [2.75, 3.05) is 64.3 Å². The molecule has 4 rings (SSSR count). The standard InChI is InChI=1S/C24H40N6S/c1-6-28(7-2)17-21-25-23(22-18(3)19(4)31-24(22)26-21)30-11-9-8-10-20(16-30)29-14-12-27(5)13-15-29/h20H,6-17H2,1-5H3. The van der Waals surface area contributed by atoms with Gasteiger partial charge in [-0.25, -0.2) is 9.97 Å². The molecular weight excluding hydrogens is 404 g/mol. The van der Waals surface area contributed by atoms with E-state index in [4.69, 9.17) is 9.97 Å². The highest BCUT2D eigenvalue weighted by molar-refractivity contribution is 7.18. The number of aromatic nitrogens is 2. The maximum atomic E-state index is 5.22. The lowest BCUT2D eigenvalue weighted by molar-refractivity contribution is 0.110. The molecule has 0 aromatic carbocycles. The van der Waals surface area contributed by atoms with E-state index in [0.717, 1.165) is 38.5 Å². The fourth-order valence-corrected chi connectivity index (χ4v) is 6.06. The minimum Gasteiger partial charge on any atom is -0.354 e. The summed E-state index contributed by atoms with van der Waals surface area (Å²) in [6.07, 6.45) is 3.88. The monoisotopic (exact) mass is 444 g/mol. The van der Waals surface area contributed by atoms with Gasteiger partial charge in [0.1, 0.15) is 16.5 Å². The first-order chi connectivity index (χ1) is 15.0. The van der Waals surface area contributed by atoms with Crippen molar-refractivity contribution in [3.63, 3.8) is 0 Å². The van der Waals surface area contributed by atoms with E-state index in [1.54, 1.807) is 0 Å². The third kappa shape index (κ3) is 5.05. The molecule has 0 spiro atoms. The van der Waals surface area contributed by atoms with Crippen molar-refractivity contribution in [2.45, 2.75) is 59.5 Å². The average molecular weight is 445 g/mol. The fraction of sp³-hybridized carbons (Fsp3) is 0.750. The Morgan fingerprint density at radius 2 is 1.74 bits per heavy atom. The van der Waals surface area contributed by atoms with Gasteiger partial charge in [0.25, 0.3) is 0 Å². The second-order valence-corrected chi connectivity index (χ2v) is 10.5. The molecule has 1 atom stereocenters. The first-order valence-corrected chi connectivity index (χ1v) is 13.0. The van der Waals surface area contributed by atoms with Gasteiger partial charge >= 0.3 is 0 Å². The Morgan fingerprint density at radius 1 is 1.00 bits per heavy atom. The normalized spacial score (nSPS) is 21.9. The number of hydrogen-bond acceptors (Lipinski definition) is 7. The second-order valence-electron chi connectivity index (χ2n) is 9.32. The van der Waals surface area contributed by atoms with Crippen LogP contribution in [0, 0.1) is 13.8 Å². The zero-order valence-electron chi connectivity index (χ0n) is 20.2. The highest BCUT2D eigenvalue weighted by atomic mass is 32.1. The molecule has 2 aromatic heterocycles. The molecule has 7 heteroatoms. The number of piperazine rings is 1. The van der Waals surface area contributed by atoms with Crippen LogP contribution in [0.2, 0.25) is 0 Å². The van der Waals surface area contributed by atoms with Crippen LogP contribution in [0.25, 0.3) is 10.2 Å². The Balaban J connectivity index is 1.67. The zero-order valence-corrected chi connectivity index (χ0v) is 21.0. The van der Waals surface area contributed by atoms with E-state index in [0.29, 0.717) is 6.04 Å². The predicted molar refractivity (Wildman–Crippen MR) is 132 cm³/mol. The number of rotatable bonds is 6. The molecule has 0 saturated carbocycles. The molecule has 6 nitrogen and oxygen atoms in total. The number of likely N-dealkylation sites (N-methyl/N-ethyl adjacent to an activating group) is 1. The topological polar surface area (TPSA) is 38.7 Å². The highest BCUT2D eigenvalue weighted by Gasteiger charge is 2.28. The fourth-order valence-electron chi connectivity index (χ4n) is 5.02. The van der Waals surface area contributed by atoms with Gasteiger partial charge in [0, 0.05) is 50.2 Å². The summed E-state index contributed by atoms with van der Waals surface area (Å²) in [5, 5.41) is 1.30. The minimum atomic E-state index is 0.632. The van der Waals surface area contributed by atoms with E-state index < -0.39 is 0 Å². The Bertz CT molecular complexity index is 869. The van der Waals surface area contributed by atoms with Crippen molar-refractivity contribution in [1.82, 2.24) is 24.7 Å². The molecule has 4 heterocycles. The molecule has 0 amide bonds. The van der Waals surface area contributed by atoms with Crippen LogP contribution in [0.3, 0.4) is 0 Å². The van der Waals surface area contributed by atoms with E-state index in [9.17, 15) is 0 Å². The van der Waals surface area contributed by atoms with Gasteiger partial charge in [-0.1, -0.05) is 20.3 Å². The van der Waals surface area contributed by atoms with Gasteiger partial charge in [-0.15, -0.1) is 11.3 Å². The molecule has 172 valence electrons. The second kappa shape index (κ2) is 10.1. The number of hydrogen-bond donors (Lipinski definition) is 0. The first-order valence-electron chi connectivity index (χ1n) is 12.2. The summed E-state index contributed by atoms with van der Waals surface area (Å²) in [6.45, 7) is 18.8. The van der Waals surface area contributed by atoms with Crippen LogP contribution in [0.4, 0.5) is 5.82 Å². The smallest absolute Gasteiger partial charge is 0.146 e. The van der Waals surface area contributed by atoms with E-state index in [1.807, 2.05) is 11.3 Å². The molecule has 31 heavy (non-hydrogen) atoms. The lowest BCUT2D eigenvalue weighted by Crippen LogP contribution is -2.52. The third-order valence-electron chi connectivity index (χ3n) is 7.32. The molecule has 0 bridgehead atoms. The average Bonchev–Trinajstić information content (AvgIpc) is 2.94. The summed E-state index contributed by atoms with van der Waals surface area (Å²) in [7, 11) is 2.24. The number of thiophene rings is 1. The van der Waals surface area contributed by atoms with Crippen LogP contribution < -0.4 is 4.90 Å². The Hall–Kier alpha value is -1.28. The molecule has 2 aromatic rings. The van der Waals surface area contributed by atoms with Gasteiger partial charge in [0.05, 0.1) is 11.9 Å². The van der Waals surface area contributed by atoms with Crippen LogP contribution in [-0.4, -0.2) is 90.1 Å². The Labute approximate surface area is 192 Å². The van der Waals surface area contributed by atoms with Crippen molar-refractivity contribution >= 4 is 27.4 Å². The molecule has 2 saturated heterocycles. The largest absolute Gasteiger partial charge is 0.354 e. The van der Waals surface area contributed by atoms with Gasteiger partial charge in [-0.2, -0.15) is 0 Å². The van der Waals surface area contributed by atoms with Crippen LogP contribution in [0.15, 0.2) is 0 Å². The summed E-state index contributed by atoms with van der Waals surface area (Å²) in [5.41, 5.74) is 1.37. The zero-order chi connectivity index (χ0) is 22.0. The molecule has 0 aliphatic carbocycles. The third-order valence-corrected chi connectivity index (χ3v) is 8.42. The molecular formula is C24H40N6S. The van der Waals surface area contributed by atoms with Gasteiger partial charge in [-0.3, -0.25) is 9.80 Å². The van der Waals surface area contributed by atoms with Crippen molar-refractivity contribution in [3.05, 3.63) is 16.3 Å². The lowest BCUT2D eigenvalue weighted by Gasteiger charge is -2.39. The SMILES string of the molecule is CCN(CC)Cc1nc(N2CCCCC(N3CCN(C)CC3)C2)c2c(C)c(C)sc2n1. The first kappa shape index (κ1) is 22.9. The molecule has 1 unspecified atom stereocenters. The minimum absolute atomic E-state index is 0.632. The van der Waals surface area contributed by atoms with Gasteiger partial charge in [-0.05, 0) is 52.4 Å². The highest BCUT2D eigenvalue weighted by Crippen LogP contribution is 2.36. The van der Waals surface area contributed by atoms with E-state index in [-0.39, 0.29) is 0 Å². The van der Waals surface area contributed by atoms with Crippen LogP contribution in [0.5, 0.6) is 0 Å². The summed E-state index contributed by atoms with van der Waals surface area (Å²) >= 11 is 1.84. The number of nitrogens with zero attached hydrogens (tertiary/aromatic N) is 6. The van der Waals surface area contributed by atoms with Crippen molar-refractivity contribution < 1.29 is 0 Å². The van der Waals surface area contributed by atoms with E-state index >= 15 is 0 Å². The van der Waals surface area contributed by atoms with Crippen LogP contribution in [0.1, 0.15) is 49.4 Å². The number of fused-ring (bicyclic) bond motifs is 1. The van der Waals surface area contributed by atoms with Crippen LogP contribution >= 0.6 is 11.3 Å². The molecule has 2 aliphatic rings. The van der Waals surface area contributed by atoms with Gasteiger partial charge in [0.15, 0.2) is 0 Å². The Kier molecular flexibility index (Phi) is 7.47. The molecule has 2 aliphatic heterocycles. The summed E-state index contributed by atoms with van der Waals surface area (Å²) in [4.78, 5) is 23.0. The summed E-state index contributed by atoms with van der Waals surface area (Å²) < 4.78 is 0. The predicted octanol–water partition coefficient (Wildman–Crippen LogP) is 3.76. The van der Waals surface area contributed by atoms with Gasteiger partial charge in [0.2, 0.25) is 0 Å². The van der Waals surface area contributed by atoms with Crippen molar-refractivity contribution in [1.29, 1.82) is 0 Å². The summed E-state index contributed by atoms with van der Waals surface area (Å²) in [6, 6.07) is 0.632. The summed E-state index contributed by atoms with van der Waals surface area (Å²) in [5.74, 6) is 2.17. The molecule has 2 fully saturated rings.